The zero-order valence-electron chi connectivity index (χ0n) is 18.1. The van der Waals surface area contributed by atoms with Gasteiger partial charge in [-0.1, -0.05) is 48.5 Å². The number of hydrogen-bond donors (Lipinski definition) is 2. The molecule has 0 unspecified atom stereocenters. The second-order valence-corrected chi connectivity index (χ2v) is 7.78. The van der Waals surface area contributed by atoms with Crippen molar-refractivity contribution >= 4 is 28.4 Å². The molecule has 0 saturated carbocycles. The maximum atomic E-state index is 12.9. The lowest BCUT2D eigenvalue weighted by atomic mass is 10.1. The minimum Gasteiger partial charge on any atom is -0.454 e. The van der Waals surface area contributed by atoms with Gasteiger partial charge in [0.15, 0.2) is 11.5 Å². The van der Waals surface area contributed by atoms with Crippen LogP contribution in [-0.2, 0) is 17.9 Å². The van der Waals surface area contributed by atoms with E-state index in [1.165, 1.54) is 10.6 Å². The number of aromatic nitrogens is 1. The summed E-state index contributed by atoms with van der Waals surface area (Å²) in [4.78, 5) is 38.6. The Morgan fingerprint density at radius 2 is 1.65 bits per heavy atom. The number of carbonyl (C=O) groups excluding carboxylic acids is 2. The van der Waals surface area contributed by atoms with Crippen LogP contribution in [0, 0.1) is 0 Å². The van der Waals surface area contributed by atoms with Crippen molar-refractivity contribution in [1.82, 2.24) is 9.88 Å². The highest BCUT2D eigenvalue weighted by molar-refractivity contribution is 6.06. The largest absolute Gasteiger partial charge is 0.454 e. The molecule has 170 valence electrons. The summed E-state index contributed by atoms with van der Waals surface area (Å²) in [6, 6.07) is 22.9. The molecule has 0 radical (unpaired) electrons. The lowest BCUT2D eigenvalue weighted by Gasteiger charge is -2.14. The van der Waals surface area contributed by atoms with Crippen molar-refractivity contribution in [3.05, 3.63) is 100 Å². The van der Waals surface area contributed by atoms with Crippen molar-refractivity contribution in [2.24, 2.45) is 0 Å². The fraction of sp³-hybridized carbons (Fsp3) is 0.115. The Bertz CT molecular complexity index is 1450. The van der Waals surface area contributed by atoms with Gasteiger partial charge < -0.3 is 20.1 Å². The van der Waals surface area contributed by atoms with Crippen molar-refractivity contribution in [1.29, 1.82) is 0 Å². The second kappa shape index (κ2) is 9.11. The zero-order chi connectivity index (χ0) is 23.5. The summed E-state index contributed by atoms with van der Waals surface area (Å²) in [5, 5.41) is 6.22. The van der Waals surface area contributed by atoms with Gasteiger partial charge in [0.25, 0.3) is 11.5 Å². The molecular formula is C26H21N3O5. The number of benzene rings is 3. The third-order valence-electron chi connectivity index (χ3n) is 5.52. The first-order chi connectivity index (χ1) is 16.6. The highest BCUT2D eigenvalue weighted by atomic mass is 16.7. The molecule has 2 heterocycles. The van der Waals surface area contributed by atoms with E-state index in [4.69, 9.17) is 9.47 Å². The van der Waals surface area contributed by atoms with Gasteiger partial charge in [0.05, 0.1) is 11.1 Å². The van der Waals surface area contributed by atoms with Gasteiger partial charge >= 0.3 is 0 Å². The molecule has 1 aliphatic rings. The molecule has 3 aromatic carbocycles. The first-order valence-electron chi connectivity index (χ1n) is 10.7. The number of nitrogens with one attached hydrogen (secondary N) is 2. The van der Waals surface area contributed by atoms with E-state index >= 15 is 0 Å². The average molecular weight is 455 g/mol. The normalized spacial score (nSPS) is 11.9. The van der Waals surface area contributed by atoms with Gasteiger partial charge in [-0.2, -0.15) is 0 Å². The SMILES string of the molecule is O=C(Cn1c(=O)cc(C(=O)NCc2ccccc2)c2ccccc21)Nc1ccc2c(c1)OCO2. The summed E-state index contributed by atoms with van der Waals surface area (Å²) >= 11 is 0. The number of fused-ring (bicyclic) bond motifs is 2. The number of carbonyl (C=O) groups is 2. The first-order valence-corrected chi connectivity index (χ1v) is 10.7. The molecule has 5 rings (SSSR count). The lowest BCUT2D eigenvalue weighted by Crippen LogP contribution is -2.30. The van der Waals surface area contributed by atoms with Crippen molar-refractivity contribution in [2.75, 3.05) is 12.1 Å². The Balaban J connectivity index is 1.38. The number of rotatable bonds is 6. The van der Waals surface area contributed by atoms with Crippen LogP contribution in [0.15, 0.2) is 83.7 Å². The topological polar surface area (TPSA) is 98.7 Å². The number of para-hydroxylation sites is 1. The zero-order valence-corrected chi connectivity index (χ0v) is 18.1. The molecule has 0 aliphatic carbocycles. The predicted molar refractivity (Wildman–Crippen MR) is 127 cm³/mol. The molecule has 0 bridgehead atoms. The van der Waals surface area contributed by atoms with Crippen molar-refractivity contribution in [3.63, 3.8) is 0 Å². The summed E-state index contributed by atoms with van der Waals surface area (Å²) in [5.74, 6) is 0.425. The number of hydrogen-bond acceptors (Lipinski definition) is 5. The molecule has 8 heteroatoms. The van der Waals surface area contributed by atoms with E-state index in [0.717, 1.165) is 5.56 Å². The van der Waals surface area contributed by atoms with Gasteiger partial charge in [-0.3, -0.25) is 19.0 Å². The minimum atomic E-state index is -0.440. The summed E-state index contributed by atoms with van der Waals surface area (Å²) in [7, 11) is 0. The first kappa shape index (κ1) is 21.3. The van der Waals surface area contributed by atoms with Crippen LogP contribution in [0.2, 0.25) is 0 Å². The Labute approximate surface area is 194 Å². The number of pyridine rings is 1. The average Bonchev–Trinajstić information content (AvgIpc) is 3.32. The van der Waals surface area contributed by atoms with Crippen LogP contribution in [-0.4, -0.2) is 23.2 Å². The van der Waals surface area contributed by atoms with Crippen LogP contribution in [0.1, 0.15) is 15.9 Å². The molecule has 0 fully saturated rings. The molecular weight excluding hydrogens is 434 g/mol. The lowest BCUT2D eigenvalue weighted by molar-refractivity contribution is -0.116. The maximum absolute atomic E-state index is 12.9. The number of anilines is 1. The highest BCUT2D eigenvalue weighted by Crippen LogP contribution is 2.34. The molecule has 2 N–H and O–H groups in total. The molecule has 4 aromatic rings. The molecule has 0 saturated heterocycles. The third-order valence-corrected chi connectivity index (χ3v) is 5.52. The smallest absolute Gasteiger partial charge is 0.252 e. The van der Waals surface area contributed by atoms with Crippen LogP contribution >= 0.6 is 0 Å². The summed E-state index contributed by atoms with van der Waals surface area (Å²) in [6.07, 6.45) is 0. The van der Waals surface area contributed by atoms with E-state index in [-0.39, 0.29) is 30.7 Å². The van der Waals surface area contributed by atoms with E-state index in [1.807, 2.05) is 30.3 Å². The van der Waals surface area contributed by atoms with E-state index in [1.54, 1.807) is 42.5 Å². The molecule has 1 aromatic heterocycles. The van der Waals surface area contributed by atoms with E-state index in [2.05, 4.69) is 10.6 Å². The minimum absolute atomic E-state index is 0.138. The van der Waals surface area contributed by atoms with E-state index < -0.39 is 5.56 Å². The second-order valence-electron chi connectivity index (χ2n) is 7.78. The third kappa shape index (κ3) is 4.33. The van der Waals surface area contributed by atoms with Crippen molar-refractivity contribution in [3.8, 4) is 11.5 Å². The summed E-state index contributed by atoms with van der Waals surface area (Å²) < 4.78 is 12.0. The predicted octanol–water partition coefficient (Wildman–Crippen LogP) is 3.30. The molecule has 0 spiro atoms. The number of ether oxygens (including phenoxy) is 2. The van der Waals surface area contributed by atoms with Gasteiger partial charge in [-0.15, -0.1) is 0 Å². The van der Waals surface area contributed by atoms with Gasteiger partial charge in [0.1, 0.15) is 6.54 Å². The van der Waals surface area contributed by atoms with Crippen molar-refractivity contribution in [2.45, 2.75) is 13.1 Å². The quantitative estimate of drug-likeness (QED) is 0.465. The Hall–Kier alpha value is -4.59. The van der Waals surface area contributed by atoms with Crippen LogP contribution in [0.3, 0.4) is 0 Å². The Morgan fingerprint density at radius 3 is 2.50 bits per heavy atom. The Kier molecular flexibility index (Phi) is 5.70. The van der Waals surface area contributed by atoms with E-state index in [0.29, 0.717) is 34.6 Å². The van der Waals surface area contributed by atoms with Crippen LogP contribution in [0.5, 0.6) is 11.5 Å². The summed E-state index contributed by atoms with van der Waals surface area (Å²) in [6.45, 7) is 0.272. The summed E-state index contributed by atoms with van der Waals surface area (Å²) in [5.41, 5.74) is 1.81. The fourth-order valence-electron chi connectivity index (χ4n) is 3.88. The number of nitrogens with zero attached hydrogens (tertiary/aromatic N) is 1. The van der Waals surface area contributed by atoms with Crippen LogP contribution in [0.4, 0.5) is 5.69 Å². The van der Waals surface area contributed by atoms with Crippen LogP contribution in [0.25, 0.3) is 10.9 Å². The van der Waals surface area contributed by atoms with Gasteiger partial charge in [0, 0.05) is 29.8 Å². The molecule has 1 aliphatic heterocycles. The van der Waals surface area contributed by atoms with E-state index in [9.17, 15) is 14.4 Å². The molecule has 34 heavy (non-hydrogen) atoms. The van der Waals surface area contributed by atoms with Gasteiger partial charge in [-0.25, -0.2) is 0 Å². The monoisotopic (exact) mass is 455 g/mol. The Morgan fingerprint density at radius 1 is 0.882 bits per heavy atom. The number of amides is 2. The van der Waals surface area contributed by atoms with Gasteiger partial charge in [-0.05, 0) is 23.8 Å². The maximum Gasteiger partial charge on any atom is 0.252 e. The highest BCUT2D eigenvalue weighted by Gasteiger charge is 2.17. The van der Waals surface area contributed by atoms with Gasteiger partial charge in [0.2, 0.25) is 12.7 Å². The molecule has 8 nitrogen and oxygen atoms in total. The molecule has 2 amide bonds. The standard InChI is InChI=1S/C26H21N3O5/c30-24(28-18-10-11-22-23(12-18)34-16-33-22)15-29-21-9-5-4-8-19(21)20(13-25(29)31)26(32)27-14-17-6-2-1-3-7-17/h1-13H,14-16H2,(H,27,32)(H,28,30). The fourth-order valence-corrected chi connectivity index (χ4v) is 3.88. The van der Waals surface area contributed by atoms with Crippen molar-refractivity contribution < 1.29 is 19.1 Å². The van der Waals surface area contributed by atoms with Crippen LogP contribution < -0.4 is 25.7 Å². The molecule has 0 atom stereocenters.